The van der Waals surface area contributed by atoms with E-state index in [1.807, 2.05) is 0 Å². The van der Waals surface area contributed by atoms with Crippen molar-refractivity contribution < 1.29 is 0 Å². The number of benzene rings is 1. The van der Waals surface area contributed by atoms with E-state index in [1.165, 1.54) is 23.0 Å². The molecule has 2 nitrogen and oxygen atoms in total. The first kappa shape index (κ1) is 14.9. The van der Waals surface area contributed by atoms with Crippen molar-refractivity contribution in [1.29, 1.82) is 0 Å². The van der Waals surface area contributed by atoms with Gasteiger partial charge in [0.05, 0.1) is 5.69 Å². The molecule has 1 aliphatic heterocycles. The number of nitrogens with zero attached hydrogens (tertiary/aromatic N) is 1. The van der Waals surface area contributed by atoms with Crippen LogP contribution < -0.4 is 10.2 Å². The molecule has 0 spiro atoms. The lowest BCUT2D eigenvalue weighted by Gasteiger charge is -2.44. The van der Waals surface area contributed by atoms with Crippen LogP contribution in [-0.4, -0.2) is 25.2 Å². The van der Waals surface area contributed by atoms with Crippen LogP contribution >= 0.6 is 15.9 Å². The van der Waals surface area contributed by atoms with E-state index in [0.29, 0.717) is 18.0 Å². The van der Waals surface area contributed by atoms with Crippen molar-refractivity contribution in [3.05, 3.63) is 28.7 Å². The smallest absolute Gasteiger partial charge is 0.0514 e. The van der Waals surface area contributed by atoms with Gasteiger partial charge in [-0.15, -0.1) is 0 Å². The molecule has 2 atom stereocenters. The summed E-state index contributed by atoms with van der Waals surface area (Å²) in [4.78, 5) is 2.59. The Kier molecular flexibility index (Phi) is 5.28. The number of nitrogens with one attached hydrogen (secondary N) is 1. The van der Waals surface area contributed by atoms with E-state index in [2.05, 4.69) is 71.2 Å². The number of halogens is 1. The summed E-state index contributed by atoms with van der Waals surface area (Å²) in [5.41, 5.74) is 1.34. The van der Waals surface area contributed by atoms with E-state index in [1.54, 1.807) is 0 Å². The number of hydrogen-bond donors (Lipinski definition) is 1. The summed E-state index contributed by atoms with van der Waals surface area (Å²) in [6.45, 7) is 9.09. The van der Waals surface area contributed by atoms with Crippen molar-refractivity contribution in [3.63, 3.8) is 0 Å². The van der Waals surface area contributed by atoms with E-state index >= 15 is 0 Å². The standard InChI is InChI=1S/C16H25BrN2/c1-4-7-13-11-19(16(10-18-13)12(2)3)15-9-6-5-8-14(15)17/h5-6,8-9,12-13,16,18H,4,7,10-11H2,1-3H3. The zero-order valence-electron chi connectivity index (χ0n) is 12.2. The third-order valence-corrected chi connectivity index (χ3v) is 4.67. The highest BCUT2D eigenvalue weighted by Crippen LogP contribution is 2.31. The monoisotopic (exact) mass is 324 g/mol. The summed E-state index contributed by atoms with van der Waals surface area (Å²) < 4.78 is 1.21. The Balaban J connectivity index is 2.23. The van der Waals surface area contributed by atoms with Crippen LogP contribution in [0, 0.1) is 5.92 Å². The molecule has 0 bridgehead atoms. The summed E-state index contributed by atoms with van der Waals surface area (Å²) in [7, 11) is 0. The summed E-state index contributed by atoms with van der Waals surface area (Å²) in [5, 5.41) is 3.71. The molecule has 3 heteroatoms. The molecule has 0 aromatic heterocycles. The molecule has 106 valence electrons. The van der Waals surface area contributed by atoms with Crippen molar-refractivity contribution in [3.8, 4) is 0 Å². The molecule has 0 amide bonds. The predicted molar refractivity (Wildman–Crippen MR) is 86.8 cm³/mol. The molecule has 1 aromatic carbocycles. The van der Waals surface area contributed by atoms with Gasteiger partial charge in [0, 0.05) is 29.6 Å². The summed E-state index contributed by atoms with van der Waals surface area (Å²) in [5.74, 6) is 0.655. The number of para-hydroxylation sites is 1. The maximum Gasteiger partial charge on any atom is 0.0514 e. The Bertz CT molecular complexity index is 405. The van der Waals surface area contributed by atoms with Gasteiger partial charge in [0.1, 0.15) is 0 Å². The third kappa shape index (κ3) is 3.51. The molecule has 1 N–H and O–H groups in total. The molecule has 1 fully saturated rings. The van der Waals surface area contributed by atoms with Gasteiger partial charge in [0.25, 0.3) is 0 Å². The van der Waals surface area contributed by atoms with Gasteiger partial charge in [-0.3, -0.25) is 0 Å². The highest BCUT2D eigenvalue weighted by molar-refractivity contribution is 9.10. The Morgan fingerprint density at radius 3 is 2.74 bits per heavy atom. The van der Waals surface area contributed by atoms with E-state index in [4.69, 9.17) is 0 Å². The first-order chi connectivity index (χ1) is 9.13. The number of piperazine rings is 1. The van der Waals surface area contributed by atoms with Crippen LogP contribution in [0.1, 0.15) is 33.6 Å². The second kappa shape index (κ2) is 6.76. The van der Waals surface area contributed by atoms with E-state index < -0.39 is 0 Å². The molecule has 2 unspecified atom stereocenters. The van der Waals surface area contributed by atoms with E-state index in [-0.39, 0.29) is 0 Å². The van der Waals surface area contributed by atoms with Crippen LogP contribution in [0.4, 0.5) is 5.69 Å². The molecule has 0 radical (unpaired) electrons. The lowest BCUT2D eigenvalue weighted by molar-refractivity contribution is 0.327. The number of anilines is 1. The fraction of sp³-hybridized carbons (Fsp3) is 0.625. The van der Waals surface area contributed by atoms with Crippen LogP contribution in [0.25, 0.3) is 0 Å². The molecule has 19 heavy (non-hydrogen) atoms. The zero-order chi connectivity index (χ0) is 13.8. The van der Waals surface area contributed by atoms with Gasteiger partial charge in [-0.25, -0.2) is 0 Å². The van der Waals surface area contributed by atoms with Crippen LogP contribution in [0.3, 0.4) is 0 Å². The Morgan fingerprint density at radius 2 is 2.11 bits per heavy atom. The maximum absolute atomic E-state index is 3.71. The molecular formula is C16H25BrN2. The Hall–Kier alpha value is -0.540. The van der Waals surface area contributed by atoms with E-state index in [0.717, 1.165) is 13.1 Å². The SMILES string of the molecule is CCCC1CN(c2ccccc2Br)C(C(C)C)CN1. The fourth-order valence-electron chi connectivity index (χ4n) is 2.93. The lowest BCUT2D eigenvalue weighted by atomic mass is 9.96. The first-order valence-corrected chi connectivity index (χ1v) is 8.17. The van der Waals surface area contributed by atoms with Gasteiger partial charge in [0.15, 0.2) is 0 Å². The summed E-state index contributed by atoms with van der Waals surface area (Å²) in [6.07, 6.45) is 2.50. The van der Waals surface area contributed by atoms with Gasteiger partial charge in [-0.2, -0.15) is 0 Å². The minimum atomic E-state index is 0.576. The van der Waals surface area contributed by atoms with Gasteiger partial charge in [-0.05, 0) is 40.4 Å². The van der Waals surface area contributed by atoms with E-state index in [9.17, 15) is 0 Å². The molecule has 1 heterocycles. The summed E-state index contributed by atoms with van der Waals surface area (Å²) >= 11 is 3.71. The normalized spacial score (nSPS) is 23.9. The maximum atomic E-state index is 3.71. The van der Waals surface area contributed by atoms with Crippen molar-refractivity contribution in [2.75, 3.05) is 18.0 Å². The third-order valence-electron chi connectivity index (χ3n) is 4.00. The number of hydrogen-bond acceptors (Lipinski definition) is 2. The highest BCUT2D eigenvalue weighted by Gasteiger charge is 2.30. The van der Waals surface area contributed by atoms with Gasteiger partial charge >= 0.3 is 0 Å². The number of rotatable bonds is 4. The average Bonchev–Trinajstić information content (AvgIpc) is 2.39. The van der Waals surface area contributed by atoms with Crippen LogP contribution in [0.2, 0.25) is 0 Å². The van der Waals surface area contributed by atoms with Crippen molar-refractivity contribution in [1.82, 2.24) is 5.32 Å². The first-order valence-electron chi connectivity index (χ1n) is 7.38. The summed E-state index contributed by atoms with van der Waals surface area (Å²) in [6, 6.07) is 9.79. The lowest BCUT2D eigenvalue weighted by Crippen LogP contribution is -2.58. The minimum absolute atomic E-state index is 0.576. The van der Waals surface area contributed by atoms with Gasteiger partial charge in [0.2, 0.25) is 0 Å². The molecule has 1 saturated heterocycles. The van der Waals surface area contributed by atoms with Gasteiger partial charge in [-0.1, -0.05) is 39.3 Å². The quantitative estimate of drug-likeness (QED) is 0.898. The molecule has 1 aromatic rings. The second-order valence-electron chi connectivity index (χ2n) is 5.81. The predicted octanol–water partition coefficient (Wildman–Crippen LogP) is 4.05. The highest BCUT2D eigenvalue weighted by atomic mass is 79.9. The van der Waals surface area contributed by atoms with Crippen molar-refractivity contribution in [2.45, 2.75) is 45.7 Å². The minimum Gasteiger partial charge on any atom is -0.365 e. The average molecular weight is 325 g/mol. The van der Waals surface area contributed by atoms with Crippen LogP contribution in [0.15, 0.2) is 28.7 Å². The van der Waals surface area contributed by atoms with Gasteiger partial charge < -0.3 is 10.2 Å². The largest absolute Gasteiger partial charge is 0.365 e. The molecule has 2 rings (SSSR count). The Labute approximate surface area is 125 Å². The van der Waals surface area contributed by atoms with Crippen molar-refractivity contribution >= 4 is 21.6 Å². The van der Waals surface area contributed by atoms with Crippen LogP contribution in [-0.2, 0) is 0 Å². The van der Waals surface area contributed by atoms with Crippen molar-refractivity contribution in [2.24, 2.45) is 5.92 Å². The second-order valence-corrected chi connectivity index (χ2v) is 6.66. The molecule has 0 aliphatic carbocycles. The zero-order valence-corrected chi connectivity index (χ0v) is 13.8. The topological polar surface area (TPSA) is 15.3 Å². The van der Waals surface area contributed by atoms with Crippen LogP contribution in [0.5, 0.6) is 0 Å². The molecule has 1 aliphatic rings. The fourth-order valence-corrected chi connectivity index (χ4v) is 3.45. The molecular weight excluding hydrogens is 300 g/mol. The Morgan fingerprint density at radius 1 is 1.37 bits per heavy atom. The molecule has 0 saturated carbocycles.